The van der Waals surface area contributed by atoms with E-state index in [0.29, 0.717) is 11.0 Å². The molecule has 1 atom stereocenters. The molecule has 0 heterocycles. The molecular weight excluding hydrogens is 354 g/mol. The van der Waals surface area contributed by atoms with Crippen LogP contribution in [0.3, 0.4) is 0 Å². The molecule has 0 rings (SSSR count). The molecule has 162 valence electrons. The number of rotatable bonds is 17. The fraction of sp³-hybridized carbons (Fsp3) is 0.739. The zero-order valence-electron chi connectivity index (χ0n) is 18.5. The molecule has 28 heavy (non-hydrogen) atoms. The predicted octanol–water partition coefficient (Wildman–Crippen LogP) is 5.11. The first kappa shape index (κ1) is 26.4. The largest absolute Gasteiger partial charge is 0.481 e. The molecule has 1 unspecified atom stereocenters. The Labute approximate surface area is 172 Å². The van der Waals surface area contributed by atoms with Gasteiger partial charge in [0.15, 0.2) is 6.10 Å². The molecule has 0 aromatic rings. The van der Waals surface area contributed by atoms with Gasteiger partial charge in [0, 0.05) is 0 Å². The number of unbranched alkanes of at least 4 members (excludes halogenated alkanes) is 7. The Morgan fingerprint density at radius 1 is 0.893 bits per heavy atom. The summed E-state index contributed by atoms with van der Waals surface area (Å²) in [6.45, 7) is 2.71. The lowest BCUT2D eigenvalue weighted by molar-refractivity contribution is -0.873. The fourth-order valence-electron chi connectivity index (χ4n) is 2.93. The number of ether oxygens (including phenoxy) is 1. The Morgan fingerprint density at radius 3 is 1.93 bits per heavy atom. The molecule has 0 aliphatic carbocycles. The molecular formula is C23H42NO4+. The molecule has 0 bridgehead atoms. The van der Waals surface area contributed by atoms with Gasteiger partial charge in [-0.25, -0.2) is 0 Å². The Morgan fingerprint density at radius 2 is 1.43 bits per heavy atom. The first-order valence-corrected chi connectivity index (χ1v) is 10.8. The molecule has 0 fully saturated rings. The monoisotopic (exact) mass is 396 g/mol. The minimum Gasteiger partial charge on any atom is -0.481 e. The molecule has 0 spiro atoms. The number of carboxylic acids is 1. The highest BCUT2D eigenvalue weighted by atomic mass is 16.5. The Kier molecular flexibility index (Phi) is 15.4. The number of nitrogens with zero attached hydrogens (tertiary/aromatic N) is 1. The van der Waals surface area contributed by atoms with E-state index in [1.165, 1.54) is 32.1 Å². The van der Waals surface area contributed by atoms with Crippen LogP contribution in [0.15, 0.2) is 24.3 Å². The van der Waals surface area contributed by atoms with Gasteiger partial charge in [-0.15, -0.1) is 0 Å². The van der Waals surface area contributed by atoms with Crippen molar-refractivity contribution in [1.29, 1.82) is 0 Å². The second-order valence-corrected chi connectivity index (χ2v) is 8.46. The van der Waals surface area contributed by atoms with E-state index < -0.39 is 12.1 Å². The Bertz CT molecular complexity index is 477. The zero-order valence-corrected chi connectivity index (χ0v) is 18.5. The van der Waals surface area contributed by atoms with E-state index in [1.807, 2.05) is 33.3 Å². The summed E-state index contributed by atoms with van der Waals surface area (Å²) in [5, 5.41) is 8.98. The van der Waals surface area contributed by atoms with Gasteiger partial charge in [0.05, 0.1) is 34.0 Å². The van der Waals surface area contributed by atoms with Gasteiger partial charge in [-0.1, -0.05) is 50.5 Å². The third kappa shape index (κ3) is 19.2. The summed E-state index contributed by atoms with van der Waals surface area (Å²) in [6.07, 6.45) is 18.7. The maximum absolute atomic E-state index is 11.9. The smallest absolute Gasteiger partial charge is 0.310 e. The van der Waals surface area contributed by atoms with Crippen molar-refractivity contribution in [2.75, 3.05) is 27.7 Å². The maximum Gasteiger partial charge on any atom is 0.310 e. The predicted molar refractivity (Wildman–Crippen MR) is 115 cm³/mol. The quantitative estimate of drug-likeness (QED) is 0.161. The van der Waals surface area contributed by atoms with Crippen molar-refractivity contribution in [2.45, 2.75) is 83.7 Å². The summed E-state index contributed by atoms with van der Waals surface area (Å²) >= 11 is 0. The van der Waals surface area contributed by atoms with Crippen LogP contribution in [-0.2, 0) is 14.3 Å². The summed E-state index contributed by atoms with van der Waals surface area (Å²) in [5.41, 5.74) is 0. The average molecular weight is 397 g/mol. The van der Waals surface area contributed by atoms with Crippen molar-refractivity contribution in [1.82, 2.24) is 0 Å². The summed E-state index contributed by atoms with van der Waals surface area (Å²) in [7, 11) is 5.85. The van der Waals surface area contributed by atoms with Crippen molar-refractivity contribution in [2.24, 2.45) is 0 Å². The molecule has 0 aliphatic heterocycles. The molecule has 0 amide bonds. The summed E-state index contributed by atoms with van der Waals surface area (Å²) < 4.78 is 5.90. The first-order valence-electron chi connectivity index (χ1n) is 10.8. The van der Waals surface area contributed by atoms with Crippen LogP contribution in [0.25, 0.3) is 0 Å². The second kappa shape index (κ2) is 16.3. The first-order chi connectivity index (χ1) is 13.2. The standard InChI is InChI=1S/C23H41NO4/c1-5-6-7-8-9-10-11-12-13-14-15-16-17-18-23(27)28-21(19-22(25)26)20-24(2,3)4/h10-11,16-17,21H,5-9,12-15,18-20H2,1-4H3/p+1/b11-10+,17-16+. The van der Waals surface area contributed by atoms with E-state index in [1.54, 1.807) is 0 Å². The summed E-state index contributed by atoms with van der Waals surface area (Å²) in [4.78, 5) is 22.9. The van der Waals surface area contributed by atoms with Crippen molar-refractivity contribution >= 4 is 11.9 Å². The van der Waals surface area contributed by atoms with E-state index in [-0.39, 0.29) is 18.8 Å². The third-order valence-electron chi connectivity index (χ3n) is 4.29. The summed E-state index contributed by atoms with van der Waals surface area (Å²) in [5.74, 6) is -1.31. The van der Waals surface area contributed by atoms with Crippen LogP contribution < -0.4 is 0 Å². The SMILES string of the molecule is CCCCCC/C=C/CCCC/C=C/CC(=O)OC(CC(=O)O)C[N+](C)(C)C. The van der Waals surface area contributed by atoms with Crippen molar-refractivity contribution in [3.63, 3.8) is 0 Å². The van der Waals surface area contributed by atoms with Crippen LogP contribution in [0.5, 0.6) is 0 Å². The lowest BCUT2D eigenvalue weighted by Crippen LogP contribution is -2.43. The lowest BCUT2D eigenvalue weighted by Gasteiger charge is -2.28. The van der Waals surface area contributed by atoms with Crippen LogP contribution in [0.4, 0.5) is 0 Å². The fourth-order valence-corrected chi connectivity index (χ4v) is 2.93. The lowest BCUT2D eigenvalue weighted by atomic mass is 10.1. The zero-order chi connectivity index (χ0) is 21.3. The van der Waals surface area contributed by atoms with Crippen LogP contribution in [-0.4, -0.2) is 55.3 Å². The van der Waals surface area contributed by atoms with Crippen LogP contribution >= 0.6 is 0 Å². The molecule has 0 aromatic heterocycles. The van der Waals surface area contributed by atoms with E-state index in [4.69, 9.17) is 9.84 Å². The number of hydrogen-bond donors (Lipinski definition) is 1. The molecule has 5 nitrogen and oxygen atoms in total. The molecule has 0 saturated heterocycles. The van der Waals surface area contributed by atoms with E-state index >= 15 is 0 Å². The number of carbonyl (C=O) groups excluding carboxylic acids is 1. The van der Waals surface area contributed by atoms with Crippen LogP contribution in [0.2, 0.25) is 0 Å². The minimum atomic E-state index is -0.947. The number of aliphatic carboxylic acids is 1. The van der Waals surface area contributed by atoms with Gasteiger partial charge >= 0.3 is 11.9 Å². The molecule has 0 aliphatic rings. The van der Waals surface area contributed by atoms with E-state index in [2.05, 4.69) is 19.1 Å². The van der Waals surface area contributed by atoms with Crippen LogP contribution in [0.1, 0.15) is 77.6 Å². The maximum atomic E-state index is 11.9. The Balaban J connectivity index is 3.86. The van der Waals surface area contributed by atoms with Crippen LogP contribution in [0, 0.1) is 0 Å². The number of esters is 1. The number of hydrogen-bond acceptors (Lipinski definition) is 3. The van der Waals surface area contributed by atoms with Crippen molar-refractivity contribution in [3.05, 3.63) is 24.3 Å². The highest BCUT2D eigenvalue weighted by Gasteiger charge is 2.24. The molecule has 5 heteroatoms. The van der Waals surface area contributed by atoms with Gasteiger partial charge in [0.1, 0.15) is 6.54 Å². The number of quaternary nitrogens is 1. The van der Waals surface area contributed by atoms with Gasteiger partial charge in [-0.3, -0.25) is 9.59 Å². The van der Waals surface area contributed by atoms with Gasteiger partial charge in [-0.05, 0) is 38.5 Å². The van der Waals surface area contributed by atoms with Gasteiger partial charge in [0.2, 0.25) is 0 Å². The number of carboxylic acid groups (broad SMARTS) is 1. The third-order valence-corrected chi connectivity index (χ3v) is 4.29. The minimum absolute atomic E-state index is 0.156. The van der Waals surface area contributed by atoms with Crippen molar-refractivity contribution in [3.8, 4) is 0 Å². The van der Waals surface area contributed by atoms with Gasteiger partial charge in [-0.2, -0.15) is 0 Å². The van der Waals surface area contributed by atoms with Gasteiger partial charge < -0.3 is 14.3 Å². The van der Waals surface area contributed by atoms with E-state index in [9.17, 15) is 9.59 Å². The molecule has 0 aromatic carbocycles. The van der Waals surface area contributed by atoms with Gasteiger partial charge in [0.25, 0.3) is 0 Å². The number of allylic oxidation sites excluding steroid dienone is 3. The molecule has 0 saturated carbocycles. The topological polar surface area (TPSA) is 63.6 Å². The second-order valence-electron chi connectivity index (χ2n) is 8.46. The Hall–Kier alpha value is -1.62. The molecule has 1 N–H and O–H groups in total. The number of likely N-dealkylation sites (N-methyl/N-ethyl adjacent to an activating group) is 1. The number of carbonyl (C=O) groups is 2. The van der Waals surface area contributed by atoms with E-state index in [0.717, 1.165) is 25.7 Å². The highest BCUT2D eigenvalue weighted by Crippen LogP contribution is 2.08. The summed E-state index contributed by atoms with van der Waals surface area (Å²) in [6, 6.07) is 0. The molecule has 0 radical (unpaired) electrons. The average Bonchev–Trinajstić information content (AvgIpc) is 2.56. The van der Waals surface area contributed by atoms with Crippen molar-refractivity contribution < 1.29 is 23.9 Å². The highest BCUT2D eigenvalue weighted by molar-refractivity contribution is 5.72. The normalized spacial score (nSPS) is 13.3.